The summed E-state index contributed by atoms with van der Waals surface area (Å²) in [7, 11) is 0. The number of aromatic nitrogens is 3. The summed E-state index contributed by atoms with van der Waals surface area (Å²) in [5.41, 5.74) is 1.95. The first-order chi connectivity index (χ1) is 9.31. The second kappa shape index (κ2) is 5.32. The van der Waals surface area contributed by atoms with Gasteiger partial charge in [0.05, 0.1) is 12.1 Å². The van der Waals surface area contributed by atoms with Crippen molar-refractivity contribution in [1.82, 2.24) is 14.4 Å². The van der Waals surface area contributed by atoms with Gasteiger partial charge in [0.15, 0.2) is 4.96 Å². The van der Waals surface area contributed by atoms with Crippen molar-refractivity contribution in [3.63, 3.8) is 0 Å². The van der Waals surface area contributed by atoms with Crippen LogP contribution in [0.2, 0.25) is 0 Å². The summed E-state index contributed by atoms with van der Waals surface area (Å²) >= 11 is 1.58. The van der Waals surface area contributed by atoms with E-state index in [0.717, 1.165) is 22.6 Å². The van der Waals surface area contributed by atoms with Crippen molar-refractivity contribution in [3.05, 3.63) is 53.6 Å². The van der Waals surface area contributed by atoms with E-state index in [0.29, 0.717) is 12.8 Å². The minimum absolute atomic E-state index is 0.217. The zero-order valence-electron chi connectivity index (χ0n) is 10.3. The normalized spacial score (nSPS) is 10.9. The van der Waals surface area contributed by atoms with Crippen LogP contribution in [0, 0.1) is 0 Å². The smallest absolute Gasteiger partial charge is 0.193 e. The van der Waals surface area contributed by atoms with Gasteiger partial charge in [-0.05, 0) is 18.1 Å². The number of carbonyl (C=O) groups is 1. The molecule has 0 aromatic carbocycles. The second-order valence-corrected chi connectivity index (χ2v) is 5.27. The molecule has 3 aromatic rings. The van der Waals surface area contributed by atoms with Crippen molar-refractivity contribution in [1.29, 1.82) is 0 Å². The lowest BCUT2D eigenvalue weighted by atomic mass is 10.1. The van der Waals surface area contributed by atoms with E-state index in [1.807, 2.05) is 34.3 Å². The number of rotatable bonds is 5. The molecule has 0 saturated heterocycles. The molecular weight excluding hydrogens is 258 g/mol. The fourth-order valence-electron chi connectivity index (χ4n) is 1.98. The van der Waals surface area contributed by atoms with Gasteiger partial charge in [-0.3, -0.25) is 14.2 Å². The van der Waals surface area contributed by atoms with E-state index < -0.39 is 0 Å². The number of hydrogen-bond acceptors (Lipinski definition) is 4. The number of imidazole rings is 1. The SMILES string of the molecule is O=C(CCc1cccnc1)Cc1cn2ccsc2n1. The third kappa shape index (κ3) is 2.88. The minimum Gasteiger partial charge on any atom is -0.299 e. The van der Waals surface area contributed by atoms with E-state index >= 15 is 0 Å². The van der Waals surface area contributed by atoms with Crippen molar-refractivity contribution < 1.29 is 4.79 Å². The number of aryl methyl sites for hydroxylation is 1. The molecule has 4 nitrogen and oxygen atoms in total. The number of nitrogens with zero attached hydrogens (tertiary/aromatic N) is 3. The van der Waals surface area contributed by atoms with Gasteiger partial charge in [0.2, 0.25) is 0 Å². The third-order valence-electron chi connectivity index (χ3n) is 2.94. The molecule has 19 heavy (non-hydrogen) atoms. The van der Waals surface area contributed by atoms with Crippen LogP contribution in [0.5, 0.6) is 0 Å². The molecule has 0 aliphatic rings. The molecular formula is C14H13N3OS. The maximum atomic E-state index is 11.9. The highest BCUT2D eigenvalue weighted by atomic mass is 32.1. The molecule has 3 heterocycles. The summed E-state index contributed by atoms with van der Waals surface area (Å²) < 4.78 is 1.95. The molecule has 0 bridgehead atoms. The van der Waals surface area contributed by atoms with Crippen LogP contribution in [0.3, 0.4) is 0 Å². The van der Waals surface area contributed by atoms with Gasteiger partial charge in [0.1, 0.15) is 5.78 Å². The third-order valence-corrected chi connectivity index (χ3v) is 3.71. The summed E-state index contributed by atoms with van der Waals surface area (Å²) in [5.74, 6) is 0.217. The highest BCUT2D eigenvalue weighted by molar-refractivity contribution is 7.15. The number of pyridine rings is 1. The van der Waals surface area contributed by atoms with Gasteiger partial charge in [0.25, 0.3) is 0 Å². The lowest BCUT2D eigenvalue weighted by Gasteiger charge is -1.99. The molecule has 0 fully saturated rings. The van der Waals surface area contributed by atoms with Crippen molar-refractivity contribution in [2.75, 3.05) is 0 Å². The van der Waals surface area contributed by atoms with E-state index in [2.05, 4.69) is 9.97 Å². The molecule has 0 unspecified atom stereocenters. The van der Waals surface area contributed by atoms with Gasteiger partial charge in [-0.25, -0.2) is 4.98 Å². The number of carbonyl (C=O) groups excluding carboxylic acids is 1. The van der Waals surface area contributed by atoms with Crippen LogP contribution in [0.15, 0.2) is 42.3 Å². The fourth-order valence-corrected chi connectivity index (χ4v) is 2.70. The van der Waals surface area contributed by atoms with Crippen molar-refractivity contribution in [2.45, 2.75) is 19.3 Å². The monoisotopic (exact) mass is 271 g/mol. The zero-order chi connectivity index (χ0) is 13.1. The van der Waals surface area contributed by atoms with Crippen LogP contribution in [0.25, 0.3) is 4.96 Å². The maximum absolute atomic E-state index is 11.9. The van der Waals surface area contributed by atoms with Crippen LogP contribution in [0.4, 0.5) is 0 Å². The fraction of sp³-hybridized carbons (Fsp3) is 0.214. The molecule has 0 radical (unpaired) electrons. The summed E-state index contributed by atoms with van der Waals surface area (Å²) in [6.07, 6.45) is 9.12. The predicted molar refractivity (Wildman–Crippen MR) is 74.3 cm³/mol. The molecule has 3 rings (SSSR count). The van der Waals surface area contributed by atoms with Gasteiger partial charge in [-0.2, -0.15) is 0 Å². The van der Waals surface area contributed by atoms with Crippen molar-refractivity contribution >= 4 is 22.1 Å². The summed E-state index contributed by atoms with van der Waals surface area (Å²) in [4.78, 5) is 21.3. The first kappa shape index (κ1) is 12.0. The van der Waals surface area contributed by atoms with Gasteiger partial charge in [0, 0.05) is 36.6 Å². The van der Waals surface area contributed by atoms with E-state index in [4.69, 9.17) is 0 Å². The second-order valence-electron chi connectivity index (χ2n) is 4.40. The Morgan fingerprint density at radius 1 is 1.42 bits per heavy atom. The average molecular weight is 271 g/mol. The Balaban J connectivity index is 1.58. The van der Waals surface area contributed by atoms with Crippen LogP contribution in [-0.4, -0.2) is 20.2 Å². The molecule has 0 amide bonds. The standard InChI is InChI=1S/C14H13N3OS/c18-13(4-3-11-2-1-5-15-9-11)8-12-10-17-6-7-19-14(17)16-12/h1-2,5-7,9-10H,3-4,8H2. The topological polar surface area (TPSA) is 47.3 Å². The van der Waals surface area contributed by atoms with Crippen LogP contribution >= 0.6 is 11.3 Å². The molecule has 0 N–H and O–H groups in total. The maximum Gasteiger partial charge on any atom is 0.193 e. The van der Waals surface area contributed by atoms with Gasteiger partial charge < -0.3 is 0 Å². The Kier molecular flexibility index (Phi) is 3.37. The van der Waals surface area contributed by atoms with Crippen LogP contribution < -0.4 is 0 Å². The number of hydrogen-bond donors (Lipinski definition) is 0. The van der Waals surface area contributed by atoms with Crippen molar-refractivity contribution in [3.8, 4) is 0 Å². The van der Waals surface area contributed by atoms with E-state index in [1.165, 1.54) is 0 Å². The Bertz CT molecular complexity index is 658. The van der Waals surface area contributed by atoms with Crippen LogP contribution in [-0.2, 0) is 17.6 Å². The molecule has 0 atom stereocenters. The Morgan fingerprint density at radius 3 is 3.16 bits per heavy atom. The van der Waals surface area contributed by atoms with Gasteiger partial charge in [-0.1, -0.05) is 6.07 Å². The molecule has 96 valence electrons. The number of fused-ring (bicyclic) bond motifs is 1. The van der Waals surface area contributed by atoms with E-state index in [-0.39, 0.29) is 5.78 Å². The van der Waals surface area contributed by atoms with Crippen molar-refractivity contribution in [2.24, 2.45) is 0 Å². The predicted octanol–water partition coefficient (Wildman–Crippen LogP) is 2.54. The first-order valence-electron chi connectivity index (χ1n) is 6.13. The van der Waals surface area contributed by atoms with Gasteiger partial charge in [-0.15, -0.1) is 11.3 Å². The number of Topliss-reactive ketones (excluding diaryl/α,β-unsaturated/α-hetero) is 1. The first-order valence-corrected chi connectivity index (χ1v) is 7.01. The molecule has 0 saturated carbocycles. The Hall–Kier alpha value is -2.01. The van der Waals surface area contributed by atoms with E-state index in [1.54, 1.807) is 23.7 Å². The highest BCUT2D eigenvalue weighted by Gasteiger charge is 2.08. The number of ketones is 1. The zero-order valence-corrected chi connectivity index (χ0v) is 11.1. The molecule has 0 aliphatic carbocycles. The lowest BCUT2D eigenvalue weighted by Crippen LogP contribution is -2.04. The highest BCUT2D eigenvalue weighted by Crippen LogP contribution is 2.12. The number of thiazole rings is 1. The quantitative estimate of drug-likeness (QED) is 0.716. The summed E-state index contributed by atoms with van der Waals surface area (Å²) in [5, 5.41) is 1.98. The molecule has 5 heteroatoms. The average Bonchev–Trinajstić information content (AvgIpc) is 2.98. The molecule has 0 aliphatic heterocycles. The lowest BCUT2D eigenvalue weighted by molar-refractivity contribution is -0.118. The summed E-state index contributed by atoms with van der Waals surface area (Å²) in [6.45, 7) is 0. The molecule has 0 spiro atoms. The van der Waals surface area contributed by atoms with Crippen LogP contribution in [0.1, 0.15) is 17.7 Å². The largest absolute Gasteiger partial charge is 0.299 e. The Labute approximate surface area is 114 Å². The van der Waals surface area contributed by atoms with Gasteiger partial charge >= 0.3 is 0 Å². The minimum atomic E-state index is 0.217. The molecule has 3 aromatic heterocycles. The summed E-state index contributed by atoms with van der Waals surface area (Å²) in [6, 6.07) is 3.89. The Morgan fingerprint density at radius 2 is 2.37 bits per heavy atom. The van der Waals surface area contributed by atoms with E-state index in [9.17, 15) is 4.79 Å².